The molecular weight excluding hydrogens is 250 g/mol. The summed E-state index contributed by atoms with van der Waals surface area (Å²) in [6.45, 7) is 0.562. The largest absolute Gasteiger partial charge is 0.497 e. The minimum Gasteiger partial charge on any atom is -0.497 e. The molecule has 0 radical (unpaired) electrons. The number of hydrogen-bond donors (Lipinski definition) is 1. The molecule has 1 aromatic carbocycles. The fourth-order valence-corrected chi connectivity index (χ4v) is 1.57. The molecule has 0 aliphatic carbocycles. The molecule has 4 nitrogen and oxygen atoms in total. The van der Waals surface area contributed by atoms with Crippen molar-refractivity contribution >= 4 is 12.4 Å². The number of halogens is 1. The maximum absolute atomic E-state index is 5.49. The second kappa shape index (κ2) is 6.93. The van der Waals surface area contributed by atoms with Crippen LogP contribution in [0.3, 0.4) is 0 Å². The van der Waals surface area contributed by atoms with Crippen LogP contribution in [0.4, 0.5) is 0 Å². The van der Waals surface area contributed by atoms with Crippen molar-refractivity contribution < 1.29 is 4.74 Å². The van der Waals surface area contributed by atoms with Crippen LogP contribution in [0, 0.1) is 0 Å². The summed E-state index contributed by atoms with van der Waals surface area (Å²) in [5.74, 6) is 1.62. The maximum atomic E-state index is 5.49. The van der Waals surface area contributed by atoms with E-state index in [1.165, 1.54) is 0 Å². The molecule has 0 saturated carbocycles. The number of hydrogen-bond acceptors (Lipinski definition) is 4. The zero-order valence-corrected chi connectivity index (χ0v) is 11.0. The summed E-state index contributed by atoms with van der Waals surface area (Å²) in [7, 11) is 1.65. The first-order chi connectivity index (χ1) is 8.33. The van der Waals surface area contributed by atoms with Gasteiger partial charge in [0.05, 0.1) is 12.8 Å². The predicted molar refractivity (Wildman–Crippen MR) is 74.0 cm³/mol. The summed E-state index contributed by atoms with van der Waals surface area (Å²) < 4.78 is 5.12. The van der Waals surface area contributed by atoms with E-state index >= 15 is 0 Å². The Kier molecular flexibility index (Phi) is 5.55. The highest BCUT2D eigenvalue weighted by Crippen LogP contribution is 2.20. The number of methoxy groups -OCH3 is 1. The van der Waals surface area contributed by atoms with Crippen molar-refractivity contribution in [1.82, 2.24) is 9.97 Å². The molecule has 1 heterocycles. The molecule has 0 bridgehead atoms. The van der Waals surface area contributed by atoms with Crippen molar-refractivity contribution in [3.8, 4) is 17.0 Å². The van der Waals surface area contributed by atoms with E-state index in [4.69, 9.17) is 10.5 Å². The predicted octanol–water partition coefficient (Wildman–Crippen LogP) is 2.08. The van der Waals surface area contributed by atoms with Crippen LogP contribution in [0.1, 0.15) is 5.82 Å². The minimum absolute atomic E-state index is 0. The van der Waals surface area contributed by atoms with Crippen molar-refractivity contribution in [3.63, 3.8) is 0 Å². The number of nitrogens with two attached hydrogens (primary N) is 1. The Labute approximate surface area is 113 Å². The van der Waals surface area contributed by atoms with Crippen LogP contribution in [-0.4, -0.2) is 23.6 Å². The van der Waals surface area contributed by atoms with Crippen molar-refractivity contribution in [2.45, 2.75) is 6.42 Å². The van der Waals surface area contributed by atoms with Crippen LogP contribution in [0.5, 0.6) is 5.75 Å². The summed E-state index contributed by atoms with van der Waals surface area (Å²) in [5, 5.41) is 0. The van der Waals surface area contributed by atoms with Gasteiger partial charge in [-0.15, -0.1) is 12.4 Å². The van der Waals surface area contributed by atoms with Crippen molar-refractivity contribution in [2.24, 2.45) is 5.73 Å². The molecule has 96 valence electrons. The van der Waals surface area contributed by atoms with Crippen molar-refractivity contribution in [2.75, 3.05) is 13.7 Å². The molecule has 2 rings (SSSR count). The number of benzene rings is 1. The van der Waals surface area contributed by atoms with Gasteiger partial charge in [0.25, 0.3) is 0 Å². The number of ether oxygens (including phenoxy) is 1. The quantitative estimate of drug-likeness (QED) is 0.919. The third kappa shape index (κ3) is 3.42. The first-order valence-electron chi connectivity index (χ1n) is 5.50. The Balaban J connectivity index is 0.00000162. The first kappa shape index (κ1) is 14.4. The standard InChI is InChI=1S/C13H15N3O.ClH/c1-17-11-4-2-10(3-5-11)12-7-9-15-13(16-12)6-8-14;/h2-5,7,9H,6,8,14H2,1H3;1H. The van der Waals surface area contributed by atoms with Gasteiger partial charge >= 0.3 is 0 Å². The van der Waals surface area contributed by atoms with E-state index in [1.807, 2.05) is 30.3 Å². The average Bonchev–Trinajstić information content (AvgIpc) is 2.40. The molecule has 0 spiro atoms. The zero-order chi connectivity index (χ0) is 12.1. The maximum Gasteiger partial charge on any atom is 0.130 e. The minimum atomic E-state index is 0. The molecule has 0 fully saturated rings. The molecule has 18 heavy (non-hydrogen) atoms. The first-order valence-corrected chi connectivity index (χ1v) is 5.50. The van der Waals surface area contributed by atoms with Gasteiger partial charge in [0, 0.05) is 18.2 Å². The molecule has 5 heteroatoms. The van der Waals surface area contributed by atoms with Gasteiger partial charge in [-0.3, -0.25) is 0 Å². The lowest BCUT2D eigenvalue weighted by atomic mass is 10.1. The molecule has 2 N–H and O–H groups in total. The smallest absolute Gasteiger partial charge is 0.130 e. The van der Waals surface area contributed by atoms with Gasteiger partial charge in [0.15, 0.2) is 0 Å². The van der Waals surface area contributed by atoms with Gasteiger partial charge in [-0.25, -0.2) is 9.97 Å². The van der Waals surface area contributed by atoms with E-state index in [2.05, 4.69) is 9.97 Å². The monoisotopic (exact) mass is 265 g/mol. The Morgan fingerprint density at radius 2 is 1.89 bits per heavy atom. The number of rotatable bonds is 4. The van der Waals surface area contributed by atoms with Gasteiger partial charge in [0.2, 0.25) is 0 Å². The van der Waals surface area contributed by atoms with Crippen LogP contribution in [0.25, 0.3) is 11.3 Å². The van der Waals surface area contributed by atoms with Crippen LogP contribution in [0.2, 0.25) is 0 Å². The normalized spacial score (nSPS) is 9.67. The van der Waals surface area contributed by atoms with Gasteiger partial charge in [0.1, 0.15) is 11.6 Å². The fraction of sp³-hybridized carbons (Fsp3) is 0.231. The molecule has 2 aromatic rings. The summed E-state index contributed by atoms with van der Waals surface area (Å²) in [6, 6.07) is 9.68. The third-order valence-corrected chi connectivity index (χ3v) is 2.46. The SMILES string of the molecule is COc1ccc(-c2ccnc(CCN)n2)cc1.Cl. The summed E-state index contributed by atoms with van der Waals surface area (Å²) >= 11 is 0. The van der Waals surface area contributed by atoms with E-state index in [-0.39, 0.29) is 12.4 Å². The molecule has 0 amide bonds. The molecule has 0 saturated heterocycles. The molecule has 0 aliphatic rings. The lowest BCUT2D eigenvalue weighted by molar-refractivity contribution is 0.415. The van der Waals surface area contributed by atoms with Gasteiger partial charge in [-0.2, -0.15) is 0 Å². The number of aromatic nitrogens is 2. The van der Waals surface area contributed by atoms with Gasteiger partial charge in [-0.05, 0) is 36.9 Å². The number of nitrogens with zero attached hydrogens (tertiary/aromatic N) is 2. The summed E-state index contributed by atoms with van der Waals surface area (Å²) in [6.07, 6.45) is 2.46. The van der Waals surface area contributed by atoms with E-state index < -0.39 is 0 Å². The molecule has 0 aliphatic heterocycles. The van der Waals surface area contributed by atoms with Crippen LogP contribution >= 0.6 is 12.4 Å². The molecule has 1 aromatic heterocycles. The van der Waals surface area contributed by atoms with Crippen LogP contribution in [0.15, 0.2) is 36.5 Å². The highest BCUT2D eigenvalue weighted by Gasteiger charge is 2.02. The summed E-state index contributed by atoms with van der Waals surface area (Å²) in [4.78, 5) is 8.63. The topological polar surface area (TPSA) is 61.0 Å². The van der Waals surface area contributed by atoms with E-state index in [1.54, 1.807) is 13.3 Å². The zero-order valence-electron chi connectivity index (χ0n) is 10.2. The van der Waals surface area contributed by atoms with Crippen molar-refractivity contribution in [3.05, 3.63) is 42.4 Å². The van der Waals surface area contributed by atoms with E-state index in [0.717, 1.165) is 22.8 Å². The summed E-state index contributed by atoms with van der Waals surface area (Å²) in [5.41, 5.74) is 7.45. The average molecular weight is 266 g/mol. The van der Waals surface area contributed by atoms with Gasteiger partial charge in [-0.1, -0.05) is 0 Å². The fourth-order valence-electron chi connectivity index (χ4n) is 1.57. The van der Waals surface area contributed by atoms with Crippen molar-refractivity contribution in [1.29, 1.82) is 0 Å². The lowest BCUT2D eigenvalue weighted by Gasteiger charge is -2.04. The highest BCUT2D eigenvalue weighted by atomic mass is 35.5. The molecule has 0 unspecified atom stereocenters. The second-order valence-corrected chi connectivity index (χ2v) is 3.63. The Morgan fingerprint density at radius 3 is 2.50 bits per heavy atom. The van der Waals surface area contributed by atoms with Crippen LogP contribution in [-0.2, 0) is 6.42 Å². The third-order valence-electron chi connectivity index (χ3n) is 2.46. The van der Waals surface area contributed by atoms with E-state index in [9.17, 15) is 0 Å². The van der Waals surface area contributed by atoms with Gasteiger partial charge < -0.3 is 10.5 Å². The Bertz CT molecular complexity index is 488. The Hall–Kier alpha value is -1.65. The molecule has 0 atom stereocenters. The molecular formula is C13H16ClN3O. The van der Waals surface area contributed by atoms with Crippen LogP contribution < -0.4 is 10.5 Å². The van der Waals surface area contributed by atoms with E-state index in [0.29, 0.717) is 13.0 Å². The Morgan fingerprint density at radius 1 is 1.17 bits per heavy atom. The second-order valence-electron chi connectivity index (χ2n) is 3.63. The highest BCUT2D eigenvalue weighted by molar-refractivity contribution is 5.85. The lowest BCUT2D eigenvalue weighted by Crippen LogP contribution is -2.06.